The molecule has 0 atom stereocenters. The number of hydrogen-bond donors (Lipinski definition) is 2. The van der Waals surface area contributed by atoms with Crippen molar-refractivity contribution in [2.75, 3.05) is 19.5 Å². The largest absolute Gasteiger partial charge is 0.493 e. The molecule has 20 heavy (non-hydrogen) atoms. The summed E-state index contributed by atoms with van der Waals surface area (Å²) in [4.78, 5) is 14.9. The molecule has 7 heteroatoms. The van der Waals surface area contributed by atoms with Gasteiger partial charge in [-0.25, -0.2) is 4.79 Å². The molecule has 0 unspecified atom stereocenters. The van der Waals surface area contributed by atoms with Gasteiger partial charge in [0, 0.05) is 11.8 Å². The molecule has 0 saturated carbocycles. The molecular formula is C13H14N2O5. The number of carboxylic acids is 1. The minimum absolute atomic E-state index is 0.104. The number of ether oxygens (including phenoxy) is 2. The fourth-order valence-electron chi connectivity index (χ4n) is 1.69. The van der Waals surface area contributed by atoms with Crippen molar-refractivity contribution < 1.29 is 23.8 Å². The lowest BCUT2D eigenvalue weighted by Gasteiger charge is -2.09. The number of carbonyl (C=O) groups is 1. The lowest BCUT2D eigenvalue weighted by atomic mass is 10.3. The van der Waals surface area contributed by atoms with Crippen LogP contribution in [0.15, 0.2) is 22.6 Å². The minimum atomic E-state index is -1.16. The fourth-order valence-corrected chi connectivity index (χ4v) is 1.69. The molecule has 2 N–H and O–H groups in total. The monoisotopic (exact) mass is 278 g/mol. The number of nitrogens with one attached hydrogen (secondary N) is 1. The van der Waals surface area contributed by atoms with E-state index in [4.69, 9.17) is 19.0 Å². The lowest BCUT2D eigenvalue weighted by Crippen LogP contribution is -1.95. The first-order valence-electron chi connectivity index (χ1n) is 5.75. The van der Waals surface area contributed by atoms with Gasteiger partial charge in [-0.2, -0.15) is 4.98 Å². The van der Waals surface area contributed by atoms with Gasteiger partial charge < -0.3 is 24.3 Å². The maximum atomic E-state index is 10.9. The van der Waals surface area contributed by atoms with Crippen LogP contribution < -0.4 is 14.8 Å². The highest BCUT2D eigenvalue weighted by atomic mass is 16.5. The van der Waals surface area contributed by atoms with E-state index in [1.807, 2.05) is 0 Å². The second-order valence-corrected chi connectivity index (χ2v) is 3.93. The number of carboxylic acid groups (broad SMARTS) is 1. The Labute approximate surface area is 115 Å². The first-order valence-corrected chi connectivity index (χ1v) is 5.75. The second-order valence-electron chi connectivity index (χ2n) is 3.93. The van der Waals surface area contributed by atoms with E-state index in [-0.39, 0.29) is 11.8 Å². The molecule has 106 valence electrons. The molecule has 0 bridgehead atoms. The molecule has 0 aliphatic carbocycles. The molecule has 2 aromatic rings. The van der Waals surface area contributed by atoms with Crippen molar-refractivity contribution in [3.8, 4) is 11.5 Å². The molecule has 1 aromatic heterocycles. The van der Waals surface area contributed by atoms with Gasteiger partial charge in [-0.1, -0.05) is 0 Å². The first-order chi connectivity index (χ1) is 9.55. The summed E-state index contributed by atoms with van der Waals surface area (Å²) >= 11 is 0. The Morgan fingerprint density at radius 2 is 2.00 bits per heavy atom. The van der Waals surface area contributed by atoms with Gasteiger partial charge in [0.25, 0.3) is 6.01 Å². The molecule has 0 fully saturated rings. The van der Waals surface area contributed by atoms with E-state index in [0.29, 0.717) is 22.9 Å². The Balaban J connectivity index is 2.26. The number of anilines is 2. The van der Waals surface area contributed by atoms with Gasteiger partial charge in [0.2, 0.25) is 5.76 Å². The summed E-state index contributed by atoms with van der Waals surface area (Å²) < 4.78 is 15.4. The van der Waals surface area contributed by atoms with Crippen molar-refractivity contribution in [1.82, 2.24) is 4.98 Å². The summed E-state index contributed by atoms with van der Waals surface area (Å²) in [5.41, 5.74) is 0.946. The maximum Gasteiger partial charge on any atom is 0.373 e. The molecule has 0 aliphatic heterocycles. The number of oxazole rings is 1. The van der Waals surface area contributed by atoms with Gasteiger partial charge in [-0.3, -0.25) is 0 Å². The Morgan fingerprint density at radius 1 is 1.30 bits per heavy atom. The topological polar surface area (TPSA) is 93.8 Å². The summed E-state index contributed by atoms with van der Waals surface area (Å²) in [6.45, 7) is 1.56. The van der Waals surface area contributed by atoms with Crippen molar-refractivity contribution >= 4 is 17.7 Å². The van der Waals surface area contributed by atoms with Crippen molar-refractivity contribution in [1.29, 1.82) is 0 Å². The predicted octanol–water partition coefficient (Wildman–Crippen LogP) is 2.44. The number of nitrogens with zero attached hydrogens (tertiary/aromatic N) is 1. The third kappa shape index (κ3) is 2.66. The van der Waals surface area contributed by atoms with Crippen LogP contribution >= 0.6 is 0 Å². The highest BCUT2D eigenvalue weighted by Gasteiger charge is 2.16. The van der Waals surface area contributed by atoms with E-state index in [0.717, 1.165) is 0 Å². The van der Waals surface area contributed by atoms with Crippen LogP contribution in [0.3, 0.4) is 0 Å². The fraction of sp³-hybridized carbons (Fsp3) is 0.231. The third-order valence-corrected chi connectivity index (χ3v) is 2.63. The summed E-state index contributed by atoms with van der Waals surface area (Å²) in [5, 5.41) is 11.8. The number of benzene rings is 1. The van der Waals surface area contributed by atoms with Gasteiger partial charge in [0.05, 0.1) is 19.9 Å². The standard InChI is InChI=1S/C13H14N2O5/c1-7-11(12(16)17)20-13(14-7)15-8-4-5-9(18-2)10(6-8)19-3/h4-6H,1-3H3,(H,14,15)(H,16,17). The number of hydrogen-bond acceptors (Lipinski definition) is 6. The zero-order valence-electron chi connectivity index (χ0n) is 11.3. The molecule has 7 nitrogen and oxygen atoms in total. The number of aromatic nitrogens is 1. The SMILES string of the molecule is COc1ccc(Nc2nc(C)c(C(=O)O)o2)cc1OC. The molecule has 1 aromatic carbocycles. The van der Waals surface area contributed by atoms with Crippen molar-refractivity contribution in [3.63, 3.8) is 0 Å². The first kappa shape index (κ1) is 13.7. The smallest absolute Gasteiger partial charge is 0.373 e. The lowest BCUT2D eigenvalue weighted by molar-refractivity contribution is 0.0662. The minimum Gasteiger partial charge on any atom is -0.493 e. The average Bonchev–Trinajstić information content (AvgIpc) is 2.79. The molecule has 0 saturated heterocycles. The van der Waals surface area contributed by atoms with Crippen LogP contribution in [0.4, 0.5) is 11.7 Å². The highest BCUT2D eigenvalue weighted by Crippen LogP contribution is 2.31. The van der Waals surface area contributed by atoms with Crippen molar-refractivity contribution in [2.45, 2.75) is 6.92 Å². The van der Waals surface area contributed by atoms with E-state index >= 15 is 0 Å². The van der Waals surface area contributed by atoms with E-state index in [9.17, 15) is 4.79 Å². The number of aromatic carboxylic acids is 1. The van der Waals surface area contributed by atoms with Crippen LogP contribution in [-0.4, -0.2) is 30.3 Å². The van der Waals surface area contributed by atoms with Gasteiger partial charge in [0.15, 0.2) is 11.5 Å². The van der Waals surface area contributed by atoms with E-state index in [1.165, 1.54) is 7.11 Å². The van der Waals surface area contributed by atoms with Gasteiger partial charge in [-0.15, -0.1) is 0 Å². The zero-order chi connectivity index (χ0) is 14.7. The van der Waals surface area contributed by atoms with E-state index in [1.54, 1.807) is 32.2 Å². The molecule has 0 aliphatic rings. The van der Waals surface area contributed by atoms with Crippen molar-refractivity contribution in [3.05, 3.63) is 29.7 Å². The highest BCUT2D eigenvalue weighted by molar-refractivity contribution is 5.85. The quantitative estimate of drug-likeness (QED) is 0.867. The molecular weight excluding hydrogens is 264 g/mol. The Bertz CT molecular complexity index is 636. The predicted molar refractivity (Wildman–Crippen MR) is 71.0 cm³/mol. The van der Waals surface area contributed by atoms with Crippen LogP contribution in [-0.2, 0) is 0 Å². The van der Waals surface area contributed by atoms with Gasteiger partial charge in [0.1, 0.15) is 0 Å². The van der Waals surface area contributed by atoms with Crippen LogP contribution in [0, 0.1) is 6.92 Å². The van der Waals surface area contributed by atoms with Gasteiger partial charge >= 0.3 is 5.97 Å². The second kappa shape index (κ2) is 5.52. The number of methoxy groups -OCH3 is 2. The normalized spacial score (nSPS) is 10.2. The zero-order valence-corrected chi connectivity index (χ0v) is 11.3. The molecule has 2 rings (SSSR count). The Morgan fingerprint density at radius 3 is 2.55 bits per heavy atom. The van der Waals surface area contributed by atoms with E-state index < -0.39 is 5.97 Å². The maximum absolute atomic E-state index is 10.9. The Hall–Kier alpha value is -2.70. The third-order valence-electron chi connectivity index (χ3n) is 2.63. The molecule has 0 radical (unpaired) electrons. The summed E-state index contributed by atoms with van der Waals surface area (Å²) in [5.74, 6) is -0.213. The average molecular weight is 278 g/mol. The summed E-state index contributed by atoms with van der Waals surface area (Å²) in [7, 11) is 3.07. The van der Waals surface area contributed by atoms with E-state index in [2.05, 4.69) is 10.3 Å². The summed E-state index contributed by atoms with van der Waals surface area (Å²) in [6.07, 6.45) is 0. The number of aryl methyl sites for hydroxylation is 1. The molecule has 0 spiro atoms. The summed E-state index contributed by atoms with van der Waals surface area (Å²) in [6, 6.07) is 5.25. The molecule has 0 amide bonds. The van der Waals surface area contributed by atoms with Crippen LogP contribution in [0.25, 0.3) is 0 Å². The van der Waals surface area contributed by atoms with Crippen LogP contribution in [0.1, 0.15) is 16.2 Å². The van der Waals surface area contributed by atoms with Crippen molar-refractivity contribution in [2.24, 2.45) is 0 Å². The Kier molecular flexibility index (Phi) is 3.79. The van der Waals surface area contributed by atoms with Crippen LogP contribution in [0.2, 0.25) is 0 Å². The van der Waals surface area contributed by atoms with Crippen LogP contribution in [0.5, 0.6) is 11.5 Å². The number of rotatable bonds is 5. The molecule has 1 heterocycles. The van der Waals surface area contributed by atoms with Gasteiger partial charge in [-0.05, 0) is 19.1 Å².